The summed E-state index contributed by atoms with van der Waals surface area (Å²) >= 11 is 0. The number of hydrogen-bond acceptors (Lipinski definition) is 5. The number of aromatic nitrogens is 1. The van der Waals surface area contributed by atoms with Crippen LogP contribution in [0.25, 0.3) is 0 Å². The van der Waals surface area contributed by atoms with Crippen molar-refractivity contribution in [3.05, 3.63) is 30.1 Å². The number of fused-ring (bicyclic) bond motifs is 1. The predicted molar refractivity (Wildman–Crippen MR) is 111 cm³/mol. The number of carbonyl (C=O) groups excluding carboxylic acids is 2. The van der Waals surface area contributed by atoms with Gasteiger partial charge in [-0.25, -0.2) is 0 Å². The second-order valence-electron chi connectivity index (χ2n) is 9.13. The van der Waals surface area contributed by atoms with Crippen LogP contribution in [0.15, 0.2) is 24.4 Å². The average molecular weight is 400 g/mol. The number of nitrogens with zero attached hydrogens (tertiary/aromatic N) is 4. The van der Waals surface area contributed by atoms with Crippen molar-refractivity contribution in [3.8, 4) is 0 Å². The molecule has 1 aromatic heterocycles. The van der Waals surface area contributed by atoms with Gasteiger partial charge in [0.25, 0.3) is 0 Å². The minimum Gasteiger partial charge on any atom is -0.349 e. The van der Waals surface area contributed by atoms with Gasteiger partial charge in [0.2, 0.25) is 11.8 Å². The molecule has 29 heavy (non-hydrogen) atoms. The first-order chi connectivity index (χ1) is 13.9. The Labute approximate surface area is 173 Å². The van der Waals surface area contributed by atoms with Crippen LogP contribution in [0.1, 0.15) is 45.2 Å². The van der Waals surface area contributed by atoms with Crippen molar-refractivity contribution in [2.45, 2.75) is 63.7 Å². The molecular weight excluding hydrogens is 366 g/mol. The Bertz CT molecular complexity index is 730. The van der Waals surface area contributed by atoms with Crippen LogP contribution < -0.4 is 5.32 Å². The lowest BCUT2D eigenvalue weighted by atomic mass is 9.82. The van der Waals surface area contributed by atoms with E-state index >= 15 is 0 Å². The third-order valence-electron chi connectivity index (χ3n) is 6.74. The summed E-state index contributed by atoms with van der Waals surface area (Å²) in [5.41, 5.74) is 0.303. The van der Waals surface area contributed by atoms with Crippen LogP contribution in [-0.4, -0.2) is 81.8 Å². The molecule has 3 heterocycles. The maximum Gasteiger partial charge on any atom is 0.245 e. The van der Waals surface area contributed by atoms with Crippen LogP contribution in [0.4, 0.5) is 0 Å². The molecule has 7 nitrogen and oxygen atoms in total. The highest BCUT2D eigenvalue weighted by atomic mass is 16.2. The van der Waals surface area contributed by atoms with E-state index in [0.717, 1.165) is 64.1 Å². The SMILES string of the molecule is CC1(C)C(=O)N[C@H]2CCCC[C@H]2N1C(=O)CN1CCN(Cc2ccccn2)CC1. The first kappa shape index (κ1) is 20.3. The molecule has 1 N–H and O–H groups in total. The molecule has 2 amide bonds. The molecule has 2 atom stereocenters. The molecule has 2 aliphatic heterocycles. The van der Waals surface area contributed by atoms with Gasteiger partial charge in [0, 0.05) is 45.0 Å². The standard InChI is InChI=1S/C22H33N5O2/c1-22(2)21(29)24-18-8-3-4-9-19(18)27(22)20(28)16-26-13-11-25(12-14-26)15-17-7-5-6-10-23-17/h5-7,10,18-19H,3-4,8-9,11-16H2,1-2H3,(H,24,29)/t18-,19+/m0/s1. The van der Waals surface area contributed by atoms with Crippen molar-refractivity contribution in [1.29, 1.82) is 0 Å². The summed E-state index contributed by atoms with van der Waals surface area (Å²) in [6, 6.07) is 6.26. The minimum atomic E-state index is -0.781. The van der Waals surface area contributed by atoms with E-state index in [-0.39, 0.29) is 23.9 Å². The minimum absolute atomic E-state index is 0.0193. The van der Waals surface area contributed by atoms with Gasteiger partial charge in [0.1, 0.15) is 5.54 Å². The molecule has 0 bridgehead atoms. The van der Waals surface area contributed by atoms with Gasteiger partial charge in [-0.2, -0.15) is 0 Å². The van der Waals surface area contributed by atoms with Crippen molar-refractivity contribution in [2.24, 2.45) is 0 Å². The van der Waals surface area contributed by atoms with Gasteiger partial charge in [-0.15, -0.1) is 0 Å². The van der Waals surface area contributed by atoms with E-state index in [4.69, 9.17) is 0 Å². The average Bonchev–Trinajstić information content (AvgIpc) is 2.71. The third-order valence-corrected chi connectivity index (χ3v) is 6.74. The summed E-state index contributed by atoms with van der Waals surface area (Å²) in [5.74, 6) is 0.0779. The monoisotopic (exact) mass is 399 g/mol. The van der Waals surface area contributed by atoms with Gasteiger partial charge >= 0.3 is 0 Å². The molecular formula is C22H33N5O2. The summed E-state index contributed by atoms with van der Waals surface area (Å²) in [7, 11) is 0. The van der Waals surface area contributed by atoms with E-state index in [9.17, 15) is 9.59 Å². The predicted octanol–water partition coefficient (Wildman–Crippen LogP) is 1.25. The number of carbonyl (C=O) groups is 2. The molecule has 0 aromatic carbocycles. The van der Waals surface area contributed by atoms with E-state index in [1.54, 1.807) is 0 Å². The highest BCUT2D eigenvalue weighted by molar-refractivity contribution is 5.93. The van der Waals surface area contributed by atoms with Crippen LogP contribution in [0.3, 0.4) is 0 Å². The first-order valence-corrected chi connectivity index (χ1v) is 10.9. The van der Waals surface area contributed by atoms with Gasteiger partial charge < -0.3 is 10.2 Å². The molecule has 3 aliphatic rings. The summed E-state index contributed by atoms with van der Waals surface area (Å²) in [4.78, 5) is 36.9. The van der Waals surface area contributed by atoms with Crippen molar-refractivity contribution < 1.29 is 9.59 Å². The fraction of sp³-hybridized carbons (Fsp3) is 0.682. The molecule has 4 rings (SSSR count). The second kappa shape index (κ2) is 8.40. The lowest BCUT2D eigenvalue weighted by Crippen LogP contribution is -2.72. The molecule has 1 saturated carbocycles. The smallest absolute Gasteiger partial charge is 0.245 e. The Morgan fingerprint density at radius 1 is 1.14 bits per heavy atom. The van der Waals surface area contributed by atoms with Gasteiger partial charge in [-0.3, -0.25) is 24.4 Å². The molecule has 0 unspecified atom stereocenters. The van der Waals surface area contributed by atoms with Crippen molar-refractivity contribution in [1.82, 2.24) is 25.0 Å². The fourth-order valence-electron chi connectivity index (χ4n) is 5.05. The number of rotatable bonds is 4. The lowest BCUT2D eigenvalue weighted by Gasteiger charge is -2.52. The maximum atomic E-state index is 13.3. The number of nitrogens with one attached hydrogen (secondary N) is 1. The van der Waals surface area contributed by atoms with Crippen LogP contribution in [0.2, 0.25) is 0 Å². The van der Waals surface area contributed by atoms with Crippen LogP contribution in [0, 0.1) is 0 Å². The Balaban J connectivity index is 1.35. The molecule has 3 fully saturated rings. The van der Waals surface area contributed by atoms with E-state index in [0.29, 0.717) is 6.54 Å². The molecule has 0 spiro atoms. The molecule has 1 aliphatic carbocycles. The molecule has 1 aromatic rings. The zero-order chi connectivity index (χ0) is 20.4. The molecule has 2 saturated heterocycles. The van der Waals surface area contributed by atoms with E-state index in [2.05, 4.69) is 26.2 Å². The Morgan fingerprint density at radius 2 is 1.86 bits per heavy atom. The van der Waals surface area contributed by atoms with E-state index in [1.807, 2.05) is 37.1 Å². The van der Waals surface area contributed by atoms with Crippen LogP contribution in [-0.2, 0) is 16.1 Å². The van der Waals surface area contributed by atoms with Gasteiger partial charge in [-0.1, -0.05) is 18.9 Å². The summed E-state index contributed by atoms with van der Waals surface area (Å²) in [5, 5.41) is 3.17. The van der Waals surface area contributed by atoms with Crippen molar-refractivity contribution in [3.63, 3.8) is 0 Å². The van der Waals surface area contributed by atoms with Crippen molar-refractivity contribution in [2.75, 3.05) is 32.7 Å². The lowest BCUT2D eigenvalue weighted by molar-refractivity contribution is -0.158. The normalized spacial score (nSPS) is 27.9. The van der Waals surface area contributed by atoms with Gasteiger partial charge in [0.05, 0.1) is 18.3 Å². The highest BCUT2D eigenvalue weighted by Crippen LogP contribution is 2.33. The third kappa shape index (κ3) is 4.31. The van der Waals surface area contributed by atoms with E-state index < -0.39 is 5.54 Å². The summed E-state index contributed by atoms with van der Waals surface area (Å²) < 4.78 is 0. The molecule has 158 valence electrons. The van der Waals surface area contributed by atoms with Crippen LogP contribution in [0.5, 0.6) is 0 Å². The van der Waals surface area contributed by atoms with Crippen molar-refractivity contribution >= 4 is 11.8 Å². The summed E-state index contributed by atoms with van der Waals surface area (Å²) in [6.45, 7) is 8.62. The topological polar surface area (TPSA) is 68.8 Å². The fourth-order valence-corrected chi connectivity index (χ4v) is 5.05. The van der Waals surface area contributed by atoms with E-state index in [1.165, 1.54) is 0 Å². The first-order valence-electron chi connectivity index (χ1n) is 10.9. The Kier molecular flexibility index (Phi) is 5.88. The zero-order valence-electron chi connectivity index (χ0n) is 17.6. The summed E-state index contributed by atoms with van der Waals surface area (Å²) in [6.07, 6.45) is 6.05. The van der Waals surface area contributed by atoms with Gasteiger partial charge in [0.15, 0.2) is 0 Å². The highest BCUT2D eigenvalue weighted by Gasteiger charge is 2.50. The van der Waals surface area contributed by atoms with Gasteiger partial charge in [-0.05, 0) is 38.8 Å². The maximum absolute atomic E-state index is 13.3. The largest absolute Gasteiger partial charge is 0.349 e. The Hall–Kier alpha value is -1.99. The molecule has 7 heteroatoms. The number of pyridine rings is 1. The number of amides is 2. The number of hydrogen-bond donors (Lipinski definition) is 1. The van der Waals surface area contributed by atoms with Crippen LogP contribution >= 0.6 is 0 Å². The second-order valence-corrected chi connectivity index (χ2v) is 9.13. The molecule has 0 radical (unpaired) electrons. The number of piperazine rings is 2. The Morgan fingerprint density at radius 3 is 2.59 bits per heavy atom. The quantitative estimate of drug-likeness (QED) is 0.825. The zero-order valence-corrected chi connectivity index (χ0v) is 17.6.